The summed E-state index contributed by atoms with van der Waals surface area (Å²) in [6.07, 6.45) is -0.378. The van der Waals surface area contributed by atoms with Gasteiger partial charge in [-0.05, 0) is 25.1 Å². The number of hydrogen-bond donors (Lipinski definition) is 1. The predicted octanol–water partition coefficient (Wildman–Crippen LogP) is 1.81. The highest BCUT2D eigenvalue weighted by molar-refractivity contribution is 9.10. The molecule has 2 unspecified atom stereocenters. The molecule has 1 aromatic rings. The summed E-state index contributed by atoms with van der Waals surface area (Å²) in [7, 11) is 0. The first-order valence-corrected chi connectivity index (χ1v) is 6.80. The lowest BCUT2D eigenvalue weighted by molar-refractivity contribution is -0.0667. The third-order valence-corrected chi connectivity index (χ3v) is 3.54. The minimum absolute atomic E-state index is 0.0997. The van der Waals surface area contributed by atoms with Gasteiger partial charge in [0.15, 0.2) is 0 Å². The normalized spacial score (nSPS) is 23.5. The Bertz CT molecular complexity index is 463. The molecule has 0 aromatic heterocycles. The molecule has 1 aliphatic rings. The van der Waals surface area contributed by atoms with Crippen LogP contribution in [0, 0.1) is 5.82 Å². The molecule has 6 heteroatoms. The van der Waals surface area contributed by atoms with Crippen molar-refractivity contribution < 1.29 is 19.0 Å². The van der Waals surface area contributed by atoms with Crippen LogP contribution in [0.5, 0.6) is 0 Å². The molecule has 1 aromatic carbocycles. The average Bonchev–Trinajstić information content (AvgIpc) is 2.37. The zero-order valence-corrected chi connectivity index (χ0v) is 12.1. The van der Waals surface area contributed by atoms with Gasteiger partial charge in [-0.3, -0.25) is 4.79 Å². The molecule has 2 atom stereocenters. The van der Waals surface area contributed by atoms with Gasteiger partial charge in [0.2, 0.25) is 0 Å². The summed E-state index contributed by atoms with van der Waals surface area (Å²) in [4.78, 5) is 14.0. The smallest absolute Gasteiger partial charge is 0.254 e. The topological polar surface area (TPSA) is 49.8 Å². The van der Waals surface area contributed by atoms with Crippen molar-refractivity contribution in [3.05, 3.63) is 34.1 Å². The van der Waals surface area contributed by atoms with E-state index in [0.717, 1.165) is 0 Å². The van der Waals surface area contributed by atoms with E-state index in [2.05, 4.69) is 15.9 Å². The fraction of sp³-hybridized carbons (Fsp3) is 0.462. The maximum atomic E-state index is 13.3. The van der Waals surface area contributed by atoms with E-state index in [9.17, 15) is 9.18 Å². The lowest BCUT2D eigenvalue weighted by Crippen LogP contribution is -2.52. The molecule has 19 heavy (non-hydrogen) atoms. The van der Waals surface area contributed by atoms with Crippen molar-refractivity contribution in [2.75, 3.05) is 19.8 Å². The number of hydrogen-bond acceptors (Lipinski definition) is 3. The second kappa shape index (κ2) is 5.98. The van der Waals surface area contributed by atoms with Crippen molar-refractivity contribution in [3.63, 3.8) is 0 Å². The number of morpholine rings is 1. The monoisotopic (exact) mass is 331 g/mol. The van der Waals surface area contributed by atoms with Crippen LogP contribution in [-0.4, -0.2) is 47.8 Å². The van der Waals surface area contributed by atoms with E-state index < -0.39 is 5.82 Å². The van der Waals surface area contributed by atoms with Crippen LogP contribution in [0.2, 0.25) is 0 Å². The molecule has 1 aliphatic heterocycles. The molecule has 1 fully saturated rings. The zero-order chi connectivity index (χ0) is 14.0. The Labute approximate surface area is 119 Å². The van der Waals surface area contributed by atoms with Crippen LogP contribution < -0.4 is 0 Å². The lowest BCUT2D eigenvalue weighted by Gasteiger charge is -2.37. The first kappa shape index (κ1) is 14.4. The Morgan fingerprint density at radius 3 is 2.95 bits per heavy atom. The molecular formula is C13H15BrFNO3. The number of benzene rings is 1. The van der Waals surface area contributed by atoms with E-state index in [0.29, 0.717) is 17.6 Å². The number of nitrogens with zero attached hydrogens (tertiary/aromatic N) is 1. The third kappa shape index (κ3) is 3.32. The number of amides is 1. The van der Waals surface area contributed by atoms with Gasteiger partial charge in [-0.15, -0.1) is 0 Å². The van der Waals surface area contributed by atoms with Gasteiger partial charge >= 0.3 is 0 Å². The summed E-state index contributed by atoms with van der Waals surface area (Å²) in [6.45, 7) is 2.40. The van der Waals surface area contributed by atoms with E-state index in [1.807, 2.05) is 6.92 Å². The van der Waals surface area contributed by atoms with Crippen LogP contribution in [0.1, 0.15) is 17.3 Å². The Hall–Kier alpha value is -0.980. The second-order valence-corrected chi connectivity index (χ2v) is 5.52. The van der Waals surface area contributed by atoms with Crippen molar-refractivity contribution in [2.45, 2.75) is 19.1 Å². The van der Waals surface area contributed by atoms with E-state index in [1.54, 1.807) is 11.0 Å². The molecule has 1 heterocycles. The van der Waals surface area contributed by atoms with E-state index >= 15 is 0 Å². The second-order valence-electron chi connectivity index (χ2n) is 4.60. The molecular weight excluding hydrogens is 317 g/mol. The van der Waals surface area contributed by atoms with Gasteiger partial charge in [0, 0.05) is 16.6 Å². The zero-order valence-electron chi connectivity index (χ0n) is 10.5. The maximum Gasteiger partial charge on any atom is 0.254 e. The van der Waals surface area contributed by atoms with Gasteiger partial charge in [-0.2, -0.15) is 0 Å². The number of carbonyl (C=O) groups is 1. The van der Waals surface area contributed by atoms with Gasteiger partial charge in [0.1, 0.15) is 5.82 Å². The van der Waals surface area contributed by atoms with Gasteiger partial charge in [0.05, 0.1) is 25.4 Å². The van der Waals surface area contributed by atoms with Gasteiger partial charge < -0.3 is 14.7 Å². The number of ether oxygens (including phenoxy) is 1. The molecule has 1 N–H and O–H groups in total. The molecule has 1 saturated heterocycles. The molecule has 0 saturated carbocycles. The standard InChI is InChI=1S/C13H15BrFNO3/c1-8-7-19-12(6-17)5-16(8)13(18)9-2-10(14)4-11(15)3-9/h2-4,8,12,17H,5-7H2,1H3. The van der Waals surface area contributed by atoms with Gasteiger partial charge in [-0.25, -0.2) is 4.39 Å². The molecule has 0 aliphatic carbocycles. The Morgan fingerprint density at radius 1 is 1.58 bits per heavy atom. The maximum absolute atomic E-state index is 13.3. The predicted molar refractivity (Wildman–Crippen MR) is 71.4 cm³/mol. The van der Waals surface area contributed by atoms with E-state index in [-0.39, 0.29) is 30.2 Å². The first-order chi connectivity index (χ1) is 9.01. The molecule has 4 nitrogen and oxygen atoms in total. The van der Waals surface area contributed by atoms with Crippen LogP contribution in [0.3, 0.4) is 0 Å². The summed E-state index contributed by atoms with van der Waals surface area (Å²) in [5.74, 6) is -0.716. The summed E-state index contributed by atoms with van der Waals surface area (Å²) in [5, 5.41) is 9.11. The molecule has 104 valence electrons. The van der Waals surface area contributed by atoms with Crippen molar-refractivity contribution >= 4 is 21.8 Å². The van der Waals surface area contributed by atoms with Crippen LogP contribution in [-0.2, 0) is 4.74 Å². The lowest BCUT2D eigenvalue weighted by atomic mass is 10.1. The number of carbonyl (C=O) groups excluding carboxylic acids is 1. The number of aliphatic hydroxyl groups excluding tert-OH is 1. The highest BCUT2D eigenvalue weighted by Crippen LogP contribution is 2.19. The molecule has 0 bridgehead atoms. The highest BCUT2D eigenvalue weighted by atomic mass is 79.9. The Balaban J connectivity index is 2.21. The molecule has 2 rings (SSSR count). The number of aliphatic hydroxyl groups is 1. The fourth-order valence-electron chi connectivity index (χ4n) is 2.05. The van der Waals surface area contributed by atoms with Crippen molar-refractivity contribution in [1.29, 1.82) is 0 Å². The summed E-state index contributed by atoms with van der Waals surface area (Å²) < 4.78 is 19.2. The van der Waals surface area contributed by atoms with Crippen LogP contribution in [0.25, 0.3) is 0 Å². The van der Waals surface area contributed by atoms with Crippen LogP contribution in [0.15, 0.2) is 22.7 Å². The highest BCUT2D eigenvalue weighted by Gasteiger charge is 2.30. The minimum atomic E-state index is -0.461. The number of halogens is 2. The van der Waals surface area contributed by atoms with Gasteiger partial charge in [0.25, 0.3) is 5.91 Å². The van der Waals surface area contributed by atoms with Gasteiger partial charge in [-0.1, -0.05) is 15.9 Å². The first-order valence-electron chi connectivity index (χ1n) is 6.00. The third-order valence-electron chi connectivity index (χ3n) is 3.08. The molecule has 0 spiro atoms. The molecule has 1 amide bonds. The summed E-state index contributed by atoms with van der Waals surface area (Å²) in [6, 6.07) is 4.00. The Morgan fingerprint density at radius 2 is 2.32 bits per heavy atom. The van der Waals surface area contributed by atoms with Crippen molar-refractivity contribution in [1.82, 2.24) is 4.90 Å². The van der Waals surface area contributed by atoms with Crippen LogP contribution in [0.4, 0.5) is 4.39 Å². The van der Waals surface area contributed by atoms with Crippen LogP contribution >= 0.6 is 15.9 Å². The summed E-state index contributed by atoms with van der Waals surface area (Å²) >= 11 is 3.17. The van der Waals surface area contributed by atoms with E-state index in [4.69, 9.17) is 9.84 Å². The SMILES string of the molecule is CC1COC(CO)CN1C(=O)c1cc(F)cc(Br)c1. The largest absolute Gasteiger partial charge is 0.394 e. The average molecular weight is 332 g/mol. The summed E-state index contributed by atoms with van der Waals surface area (Å²) in [5.41, 5.74) is 0.289. The number of rotatable bonds is 2. The fourth-order valence-corrected chi connectivity index (χ4v) is 2.52. The van der Waals surface area contributed by atoms with Crippen molar-refractivity contribution in [2.24, 2.45) is 0 Å². The Kier molecular flexibility index (Phi) is 4.54. The minimum Gasteiger partial charge on any atom is -0.394 e. The van der Waals surface area contributed by atoms with E-state index in [1.165, 1.54) is 12.1 Å². The quantitative estimate of drug-likeness (QED) is 0.899. The van der Waals surface area contributed by atoms with Crippen molar-refractivity contribution in [3.8, 4) is 0 Å². The molecule has 0 radical (unpaired) electrons.